The minimum Gasteiger partial charge on any atom is -0.364 e. The fourth-order valence-electron chi connectivity index (χ4n) is 2.41. The lowest BCUT2D eigenvalue weighted by molar-refractivity contribution is -0.129. The number of unbranched alkanes of at least 4 members (excludes halogenated alkanes) is 3. The van der Waals surface area contributed by atoms with Gasteiger partial charge in [-0.15, -0.1) is 0 Å². The summed E-state index contributed by atoms with van der Waals surface area (Å²) in [6, 6.07) is 9.12. The number of nitrogens with zero attached hydrogens (tertiary/aromatic N) is 1. The summed E-state index contributed by atoms with van der Waals surface area (Å²) in [4.78, 5) is 22.7. The van der Waals surface area contributed by atoms with E-state index in [1.165, 1.54) is 12.3 Å². The van der Waals surface area contributed by atoms with Crippen LogP contribution in [-0.2, 0) is 11.3 Å². The number of benzene rings is 1. The van der Waals surface area contributed by atoms with Crippen LogP contribution in [0.5, 0.6) is 0 Å². The summed E-state index contributed by atoms with van der Waals surface area (Å²) in [6.45, 7) is 1.65. The molecule has 0 unspecified atom stereocenters. The van der Waals surface area contributed by atoms with Gasteiger partial charge in [-0.25, -0.2) is 5.48 Å². The molecule has 26 heavy (non-hydrogen) atoms. The minimum absolute atomic E-state index is 0.243. The molecule has 140 valence electrons. The van der Waals surface area contributed by atoms with Crippen LogP contribution in [0.2, 0.25) is 0 Å². The molecular weight excluding hydrogens is 336 g/mol. The van der Waals surface area contributed by atoms with Crippen molar-refractivity contribution < 1.29 is 19.3 Å². The normalized spacial score (nSPS) is 10.5. The van der Waals surface area contributed by atoms with Crippen molar-refractivity contribution in [3.63, 3.8) is 0 Å². The molecule has 0 aliphatic rings. The van der Waals surface area contributed by atoms with Gasteiger partial charge in [0.1, 0.15) is 6.26 Å². The molecule has 1 aromatic heterocycles. The van der Waals surface area contributed by atoms with E-state index in [0.29, 0.717) is 12.1 Å². The summed E-state index contributed by atoms with van der Waals surface area (Å²) in [5.74, 6) is -0.634. The Labute approximate surface area is 151 Å². The maximum atomic E-state index is 11.9. The fourth-order valence-corrected chi connectivity index (χ4v) is 2.41. The second-order valence-corrected chi connectivity index (χ2v) is 5.91. The first kappa shape index (κ1) is 19.6. The lowest BCUT2D eigenvalue weighted by Crippen LogP contribution is -2.18. The maximum absolute atomic E-state index is 11.9. The summed E-state index contributed by atoms with van der Waals surface area (Å²) < 4.78 is 4.65. The zero-order valence-electron chi connectivity index (χ0n) is 14.5. The molecule has 0 saturated carbocycles. The molecule has 2 aromatic rings. The predicted octanol–water partition coefficient (Wildman–Crippen LogP) is 2.47. The van der Waals surface area contributed by atoms with Crippen molar-refractivity contribution in [2.45, 2.75) is 38.6 Å². The summed E-state index contributed by atoms with van der Waals surface area (Å²) >= 11 is 0. The second-order valence-electron chi connectivity index (χ2n) is 5.91. The quantitative estimate of drug-likeness (QED) is 0.278. The van der Waals surface area contributed by atoms with Gasteiger partial charge in [0, 0.05) is 24.7 Å². The molecule has 0 atom stereocenters. The number of anilines is 1. The topological polar surface area (TPSA) is 116 Å². The van der Waals surface area contributed by atoms with Crippen LogP contribution in [0, 0.1) is 0 Å². The Hall–Kier alpha value is -2.71. The smallest absolute Gasteiger partial charge is 0.277 e. The van der Waals surface area contributed by atoms with Crippen molar-refractivity contribution in [2.75, 3.05) is 11.9 Å². The van der Waals surface area contributed by atoms with E-state index < -0.39 is 0 Å². The number of hydrogen-bond acceptors (Lipinski definition) is 6. The Morgan fingerprint density at radius 2 is 1.81 bits per heavy atom. The van der Waals surface area contributed by atoms with Crippen LogP contribution in [0.3, 0.4) is 0 Å². The van der Waals surface area contributed by atoms with Crippen molar-refractivity contribution in [2.24, 2.45) is 0 Å². The molecule has 2 rings (SSSR count). The number of hydroxylamine groups is 1. The van der Waals surface area contributed by atoms with Crippen LogP contribution in [0.1, 0.15) is 48.2 Å². The molecular formula is C18H24N4O4. The van der Waals surface area contributed by atoms with Crippen molar-refractivity contribution in [1.29, 1.82) is 0 Å². The highest BCUT2D eigenvalue weighted by molar-refractivity contribution is 6.02. The number of carbonyl (C=O) groups excluding carboxylic acids is 2. The molecule has 0 saturated heterocycles. The average molecular weight is 360 g/mol. The highest BCUT2D eigenvalue weighted by Crippen LogP contribution is 2.11. The van der Waals surface area contributed by atoms with Crippen LogP contribution in [-0.4, -0.2) is 28.7 Å². The van der Waals surface area contributed by atoms with Gasteiger partial charge < -0.3 is 15.2 Å². The number of amides is 2. The van der Waals surface area contributed by atoms with Crippen molar-refractivity contribution >= 4 is 17.5 Å². The average Bonchev–Trinajstić information content (AvgIpc) is 3.20. The lowest BCUT2D eigenvalue weighted by atomic mass is 10.1. The minimum atomic E-state index is -0.330. The largest absolute Gasteiger partial charge is 0.364 e. The SMILES string of the molecule is O=C(CCCCCCNCc1ccc(NC(=O)c2ccon2)cc1)NO. The van der Waals surface area contributed by atoms with E-state index in [0.717, 1.165) is 44.3 Å². The molecule has 0 fully saturated rings. The summed E-state index contributed by atoms with van der Waals surface area (Å²) in [6.07, 6.45) is 5.55. The van der Waals surface area contributed by atoms with Crippen LogP contribution >= 0.6 is 0 Å². The van der Waals surface area contributed by atoms with E-state index in [9.17, 15) is 9.59 Å². The van der Waals surface area contributed by atoms with Crippen LogP contribution in [0.4, 0.5) is 5.69 Å². The number of nitrogens with one attached hydrogen (secondary N) is 3. The lowest BCUT2D eigenvalue weighted by Gasteiger charge is -2.07. The van der Waals surface area contributed by atoms with E-state index in [1.54, 1.807) is 5.48 Å². The van der Waals surface area contributed by atoms with Crippen molar-refractivity contribution in [1.82, 2.24) is 16.0 Å². The number of carbonyl (C=O) groups is 2. The van der Waals surface area contributed by atoms with Crippen LogP contribution < -0.4 is 16.1 Å². The Kier molecular flexibility index (Phi) is 8.31. The molecule has 0 radical (unpaired) electrons. The molecule has 0 aliphatic carbocycles. The third-order valence-corrected chi connectivity index (χ3v) is 3.84. The monoisotopic (exact) mass is 360 g/mol. The van der Waals surface area contributed by atoms with Gasteiger partial charge in [0.25, 0.3) is 5.91 Å². The van der Waals surface area contributed by atoms with Gasteiger partial charge in [-0.3, -0.25) is 14.8 Å². The molecule has 8 nitrogen and oxygen atoms in total. The summed E-state index contributed by atoms with van der Waals surface area (Å²) in [5, 5.41) is 18.1. The molecule has 1 heterocycles. The Balaban J connectivity index is 1.58. The van der Waals surface area contributed by atoms with Crippen molar-refractivity contribution in [3.8, 4) is 0 Å². The van der Waals surface area contributed by atoms with Gasteiger partial charge in [0.2, 0.25) is 5.91 Å². The maximum Gasteiger partial charge on any atom is 0.277 e. The second kappa shape index (κ2) is 11.0. The molecule has 0 bridgehead atoms. The standard InChI is InChI=1S/C18H24N4O4/c23-17(21-25)5-3-1-2-4-11-19-13-14-6-8-15(9-7-14)20-18(24)16-10-12-26-22-16/h6-10,12,19,25H,1-5,11,13H2,(H,20,24)(H,21,23). The van der Waals surface area contributed by atoms with Gasteiger partial charge in [0.15, 0.2) is 5.69 Å². The Morgan fingerprint density at radius 1 is 1.04 bits per heavy atom. The number of hydrogen-bond donors (Lipinski definition) is 4. The highest BCUT2D eigenvalue weighted by Gasteiger charge is 2.08. The summed E-state index contributed by atoms with van der Waals surface area (Å²) in [5.41, 5.74) is 3.71. The third-order valence-electron chi connectivity index (χ3n) is 3.84. The van der Waals surface area contributed by atoms with Gasteiger partial charge >= 0.3 is 0 Å². The number of aromatic nitrogens is 1. The predicted molar refractivity (Wildman–Crippen MR) is 95.6 cm³/mol. The van der Waals surface area contributed by atoms with Gasteiger partial charge in [-0.2, -0.15) is 0 Å². The van der Waals surface area contributed by atoms with E-state index in [-0.39, 0.29) is 17.5 Å². The Bertz CT molecular complexity index is 671. The van der Waals surface area contributed by atoms with Gasteiger partial charge in [-0.05, 0) is 37.1 Å². The van der Waals surface area contributed by atoms with Crippen LogP contribution in [0.15, 0.2) is 41.1 Å². The third kappa shape index (κ3) is 7.04. The highest BCUT2D eigenvalue weighted by atomic mass is 16.5. The van der Waals surface area contributed by atoms with E-state index in [4.69, 9.17) is 5.21 Å². The van der Waals surface area contributed by atoms with E-state index >= 15 is 0 Å². The molecule has 8 heteroatoms. The van der Waals surface area contributed by atoms with E-state index in [1.807, 2.05) is 24.3 Å². The first-order valence-electron chi connectivity index (χ1n) is 8.63. The van der Waals surface area contributed by atoms with Gasteiger partial charge in [-0.1, -0.05) is 30.1 Å². The molecule has 1 aromatic carbocycles. The zero-order chi connectivity index (χ0) is 18.6. The zero-order valence-corrected chi connectivity index (χ0v) is 14.5. The molecule has 2 amide bonds. The molecule has 0 spiro atoms. The first-order valence-corrected chi connectivity index (χ1v) is 8.63. The van der Waals surface area contributed by atoms with Crippen molar-refractivity contribution in [3.05, 3.63) is 47.9 Å². The fraction of sp³-hybridized carbons (Fsp3) is 0.389. The first-order chi connectivity index (χ1) is 12.7. The summed E-state index contributed by atoms with van der Waals surface area (Å²) in [7, 11) is 0. The van der Waals surface area contributed by atoms with E-state index in [2.05, 4.69) is 20.3 Å². The van der Waals surface area contributed by atoms with Gasteiger partial charge in [0.05, 0.1) is 0 Å². The number of rotatable bonds is 11. The van der Waals surface area contributed by atoms with Crippen LogP contribution in [0.25, 0.3) is 0 Å². The Morgan fingerprint density at radius 3 is 2.50 bits per heavy atom. The molecule has 4 N–H and O–H groups in total. The molecule has 0 aliphatic heterocycles.